The van der Waals surface area contributed by atoms with E-state index in [1.807, 2.05) is 13.0 Å². The molecule has 0 aliphatic heterocycles. The van der Waals surface area contributed by atoms with Crippen molar-refractivity contribution in [1.29, 1.82) is 0 Å². The normalized spacial score (nSPS) is 10.1. The van der Waals surface area contributed by atoms with Gasteiger partial charge in [0.25, 0.3) is 0 Å². The van der Waals surface area contributed by atoms with Gasteiger partial charge in [0, 0.05) is 11.3 Å². The summed E-state index contributed by atoms with van der Waals surface area (Å²) in [6.07, 6.45) is 1.51. The standard InChI is InChI=1S/C11H15NO2/c1-3-10-5-4-9(2)11(8-10)6-7-12(13)14/h4-5,8H,3,6-7H2,1-2H3. The maximum Gasteiger partial charge on any atom is 0.207 e. The first-order chi connectivity index (χ1) is 6.63. The van der Waals surface area contributed by atoms with Crippen molar-refractivity contribution in [2.45, 2.75) is 26.7 Å². The third-order valence-corrected chi connectivity index (χ3v) is 2.39. The number of rotatable bonds is 4. The lowest BCUT2D eigenvalue weighted by molar-refractivity contribution is -0.479. The molecular weight excluding hydrogens is 178 g/mol. The molecule has 3 nitrogen and oxygen atoms in total. The minimum Gasteiger partial charge on any atom is -0.265 e. The van der Waals surface area contributed by atoms with Crippen LogP contribution < -0.4 is 0 Å². The van der Waals surface area contributed by atoms with Crippen molar-refractivity contribution in [2.24, 2.45) is 0 Å². The fourth-order valence-electron chi connectivity index (χ4n) is 1.43. The monoisotopic (exact) mass is 193 g/mol. The van der Waals surface area contributed by atoms with Gasteiger partial charge in [0.1, 0.15) is 0 Å². The molecular formula is C11H15NO2. The first-order valence-electron chi connectivity index (χ1n) is 4.83. The Bertz CT molecular complexity index is 334. The lowest BCUT2D eigenvalue weighted by Gasteiger charge is -2.05. The van der Waals surface area contributed by atoms with Gasteiger partial charge in [-0.25, -0.2) is 0 Å². The first-order valence-corrected chi connectivity index (χ1v) is 4.83. The largest absolute Gasteiger partial charge is 0.265 e. The molecule has 1 aromatic carbocycles. The zero-order chi connectivity index (χ0) is 10.6. The number of nitrogens with zero attached hydrogens (tertiary/aromatic N) is 1. The second-order valence-corrected chi connectivity index (χ2v) is 3.42. The zero-order valence-corrected chi connectivity index (χ0v) is 8.62. The van der Waals surface area contributed by atoms with Crippen molar-refractivity contribution >= 4 is 0 Å². The van der Waals surface area contributed by atoms with Gasteiger partial charge in [-0.05, 0) is 30.0 Å². The van der Waals surface area contributed by atoms with Gasteiger partial charge in [-0.1, -0.05) is 25.1 Å². The molecule has 0 fully saturated rings. The van der Waals surface area contributed by atoms with E-state index in [2.05, 4.69) is 19.1 Å². The van der Waals surface area contributed by atoms with Crippen molar-refractivity contribution < 1.29 is 4.92 Å². The van der Waals surface area contributed by atoms with Crippen LogP contribution in [0.4, 0.5) is 0 Å². The van der Waals surface area contributed by atoms with Crippen LogP contribution in [-0.4, -0.2) is 11.5 Å². The van der Waals surface area contributed by atoms with Crippen LogP contribution in [0.5, 0.6) is 0 Å². The molecule has 0 spiro atoms. The van der Waals surface area contributed by atoms with Gasteiger partial charge in [-0.3, -0.25) is 10.1 Å². The van der Waals surface area contributed by atoms with Gasteiger partial charge in [0.15, 0.2) is 0 Å². The Balaban J connectivity index is 2.78. The van der Waals surface area contributed by atoms with Gasteiger partial charge < -0.3 is 0 Å². The number of hydrogen-bond acceptors (Lipinski definition) is 2. The van der Waals surface area contributed by atoms with E-state index >= 15 is 0 Å². The molecule has 0 saturated carbocycles. The van der Waals surface area contributed by atoms with E-state index in [-0.39, 0.29) is 11.5 Å². The second-order valence-electron chi connectivity index (χ2n) is 3.42. The van der Waals surface area contributed by atoms with Crippen molar-refractivity contribution in [3.8, 4) is 0 Å². The number of aryl methyl sites for hydroxylation is 2. The van der Waals surface area contributed by atoms with E-state index < -0.39 is 0 Å². The van der Waals surface area contributed by atoms with Gasteiger partial charge in [0.05, 0.1) is 0 Å². The summed E-state index contributed by atoms with van der Waals surface area (Å²) in [6.45, 7) is 4.10. The third kappa shape index (κ3) is 2.83. The van der Waals surface area contributed by atoms with Crippen molar-refractivity contribution in [3.05, 3.63) is 45.0 Å². The summed E-state index contributed by atoms with van der Waals surface area (Å²) >= 11 is 0. The van der Waals surface area contributed by atoms with E-state index in [0.29, 0.717) is 6.42 Å². The first kappa shape index (κ1) is 10.7. The van der Waals surface area contributed by atoms with Crippen LogP contribution in [0.15, 0.2) is 18.2 Å². The average Bonchev–Trinajstić information content (AvgIpc) is 2.16. The Labute approximate surface area is 83.9 Å². The van der Waals surface area contributed by atoms with Gasteiger partial charge in [0.2, 0.25) is 6.54 Å². The highest BCUT2D eigenvalue weighted by Crippen LogP contribution is 2.12. The fraction of sp³-hybridized carbons (Fsp3) is 0.455. The third-order valence-electron chi connectivity index (χ3n) is 2.39. The molecule has 0 aliphatic carbocycles. The molecule has 0 radical (unpaired) electrons. The Morgan fingerprint density at radius 3 is 2.71 bits per heavy atom. The lowest BCUT2D eigenvalue weighted by Crippen LogP contribution is -2.05. The molecule has 0 N–H and O–H groups in total. The molecule has 76 valence electrons. The summed E-state index contributed by atoms with van der Waals surface area (Å²) in [6, 6.07) is 6.18. The molecule has 0 unspecified atom stereocenters. The maximum absolute atomic E-state index is 10.2. The van der Waals surface area contributed by atoms with Crippen LogP contribution >= 0.6 is 0 Å². The predicted molar refractivity (Wildman–Crippen MR) is 56.1 cm³/mol. The van der Waals surface area contributed by atoms with E-state index in [9.17, 15) is 10.1 Å². The Morgan fingerprint density at radius 2 is 2.14 bits per heavy atom. The summed E-state index contributed by atoms with van der Waals surface area (Å²) in [5.74, 6) is 0. The van der Waals surface area contributed by atoms with Crippen LogP contribution in [0.3, 0.4) is 0 Å². The molecule has 3 heteroatoms. The molecule has 0 atom stereocenters. The summed E-state index contributed by atoms with van der Waals surface area (Å²) in [5.41, 5.74) is 3.49. The topological polar surface area (TPSA) is 43.1 Å². The summed E-state index contributed by atoms with van der Waals surface area (Å²) in [4.78, 5) is 9.98. The van der Waals surface area contributed by atoms with Crippen molar-refractivity contribution in [3.63, 3.8) is 0 Å². The molecule has 0 aromatic heterocycles. The summed E-state index contributed by atoms with van der Waals surface area (Å²) in [7, 11) is 0. The SMILES string of the molecule is CCc1ccc(C)c(CC[N+](=O)[O-])c1. The minimum absolute atomic E-state index is 0.0218. The molecule has 0 saturated heterocycles. The summed E-state index contributed by atoms with van der Waals surface area (Å²) in [5, 5.41) is 10.2. The fourth-order valence-corrected chi connectivity index (χ4v) is 1.43. The van der Waals surface area contributed by atoms with Crippen LogP contribution in [0.25, 0.3) is 0 Å². The number of benzene rings is 1. The molecule has 0 aliphatic rings. The Kier molecular flexibility index (Phi) is 3.63. The highest BCUT2D eigenvalue weighted by atomic mass is 16.6. The second kappa shape index (κ2) is 4.74. The van der Waals surface area contributed by atoms with E-state index in [4.69, 9.17) is 0 Å². The van der Waals surface area contributed by atoms with Crippen molar-refractivity contribution in [2.75, 3.05) is 6.54 Å². The molecule has 1 aromatic rings. The number of hydrogen-bond donors (Lipinski definition) is 0. The predicted octanol–water partition coefficient (Wildman–Crippen LogP) is 2.38. The molecule has 14 heavy (non-hydrogen) atoms. The zero-order valence-electron chi connectivity index (χ0n) is 8.62. The maximum atomic E-state index is 10.2. The average molecular weight is 193 g/mol. The van der Waals surface area contributed by atoms with E-state index in [1.54, 1.807) is 0 Å². The Hall–Kier alpha value is -1.38. The highest BCUT2D eigenvalue weighted by Gasteiger charge is 2.03. The van der Waals surface area contributed by atoms with Gasteiger partial charge in [-0.2, -0.15) is 0 Å². The smallest absolute Gasteiger partial charge is 0.207 e. The summed E-state index contributed by atoms with van der Waals surface area (Å²) < 4.78 is 0. The highest BCUT2D eigenvalue weighted by molar-refractivity contribution is 5.31. The Morgan fingerprint density at radius 1 is 1.43 bits per heavy atom. The van der Waals surface area contributed by atoms with Crippen LogP contribution in [0, 0.1) is 17.0 Å². The molecule has 0 amide bonds. The van der Waals surface area contributed by atoms with Gasteiger partial charge >= 0.3 is 0 Å². The quantitative estimate of drug-likeness (QED) is 0.544. The molecule has 0 heterocycles. The van der Waals surface area contributed by atoms with Gasteiger partial charge in [-0.15, -0.1) is 0 Å². The minimum atomic E-state index is -0.266. The van der Waals surface area contributed by atoms with E-state index in [1.165, 1.54) is 5.56 Å². The van der Waals surface area contributed by atoms with Crippen LogP contribution in [0.2, 0.25) is 0 Å². The molecule has 1 rings (SSSR count). The van der Waals surface area contributed by atoms with Crippen molar-refractivity contribution in [1.82, 2.24) is 0 Å². The number of nitro groups is 1. The van der Waals surface area contributed by atoms with E-state index in [0.717, 1.165) is 17.5 Å². The lowest BCUT2D eigenvalue weighted by atomic mass is 10.0. The van der Waals surface area contributed by atoms with Crippen LogP contribution in [0.1, 0.15) is 23.6 Å². The van der Waals surface area contributed by atoms with Crippen LogP contribution in [-0.2, 0) is 12.8 Å². The molecule has 0 bridgehead atoms.